The van der Waals surface area contributed by atoms with Gasteiger partial charge in [0.25, 0.3) is 0 Å². The Labute approximate surface area is 164 Å². The second kappa shape index (κ2) is 7.55. The van der Waals surface area contributed by atoms with Gasteiger partial charge >= 0.3 is 0 Å². The van der Waals surface area contributed by atoms with Crippen LogP contribution in [0.25, 0.3) is 0 Å². The molecule has 0 aromatic rings. The minimum absolute atomic E-state index is 0.392. The van der Waals surface area contributed by atoms with Crippen molar-refractivity contribution in [2.45, 2.75) is 82.4 Å². The average molecular weight is 375 g/mol. The SMILES string of the molecule is CN=C(NC1CCN(CC2CCCC2)C1)NC1C2CCOC2C12CCCC2. The number of guanidine groups is 1. The first kappa shape index (κ1) is 18.2. The number of fused-ring (bicyclic) bond motifs is 2. The first-order chi connectivity index (χ1) is 13.3. The molecule has 0 aromatic carbocycles. The maximum absolute atomic E-state index is 6.14. The van der Waals surface area contributed by atoms with Crippen LogP contribution in [-0.4, -0.2) is 62.3 Å². The first-order valence-corrected chi connectivity index (χ1v) is 11.6. The number of nitrogens with zero attached hydrogens (tertiary/aromatic N) is 2. The Hall–Kier alpha value is -0.810. The topological polar surface area (TPSA) is 48.9 Å². The largest absolute Gasteiger partial charge is 0.377 e. The number of aliphatic imine (C=N–C) groups is 1. The van der Waals surface area contributed by atoms with Crippen molar-refractivity contribution in [3.8, 4) is 0 Å². The molecular weight excluding hydrogens is 336 g/mol. The maximum atomic E-state index is 6.14. The highest BCUT2D eigenvalue weighted by atomic mass is 16.5. The van der Waals surface area contributed by atoms with Crippen LogP contribution in [-0.2, 0) is 4.74 Å². The van der Waals surface area contributed by atoms with Gasteiger partial charge in [0.1, 0.15) is 0 Å². The summed E-state index contributed by atoms with van der Waals surface area (Å²) in [5.74, 6) is 2.69. The summed E-state index contributed by atoms with van der Waals surface area (Å²) in [6.07, 6.45) is 14.2. The highest BCUT2D eigenvalue weighted by Crippen LogP contribution is 2.60. The quantitative estimate of drug-likeness (QED) is 0.587. The van der Waals surface area contributed by atoms with Crippen LogP contribution in [0.5, 0.6) is 0 Å². The molecule has 4 unspecified atom stereocenters. The first-order valence-electron chi connectivity index (χ1n) is 11.6. The summed E-state index contributed by atoms with van der Waals surface area (Å²) in [6, 6.07) is 1.11. The molecule has 5 nitrogen and oxygen atoms in total. The van der Waals surface area contributed by atoms with Crippen molar-refractivity contribution in [3.63, 3.8) is 0 Å². The molecule has 2 heterocycles. The zero-order chi connectivity index (χ0) is 18.3. The van der Waals surface area contributed by atoms with Crippen LogP contribution < -0.4 is 10.6 Å². The van der Waals surface area contributed by atoms with Crippen molar-refractivity contribution in [2.24, 2.45) is 22.2 Å². The van der Waals surface area contributed by atoms with Gasteiger partial charge in [-0.05, 0) is 44.4 Å². The van der Waals surface area contributed by atoms with E-state index < -0.39 is 0 Å². The molecule has 2 saturated heterocycles. The van der Waals surface area contributed by atoms with Crippen molar-refractivity contribution in [3.05, 3.63) is 0 Å². The molecule has 5 heteroatoms. The summed E-state index contributed by atoms with van der Waals surface area (Å²) in [5, 5.41) is 7.62. The molecule has 0 aromatic heterocycles. The summed E-state index contributed by atoms with van der Waals surface area (Å²) in [4.78, 5) is 7.29. The van der Waals surface area contributed by atoms with Gasteiger partial charge in [-0.1, -0.05) is 25.7 Å². The van der Waals surface area contributed by atoms with E-state index in [1.165, 1.54) is 83.8 Å². The fourth-order valence-corrected chi connectivity index (χ4v) is 7.09. The number of hydrogen-bond acceptors (Lipinski definition) is 3. The second-order valence-electron chi connectivity index (χ2n) is 9.92. The molecule has 0 bridgehead atoms. The molecule has 4 atom stereocenters. The van der Waals surface area contributed by atoms with E-state index in [4.69, 9.17) is 4.74 Å². The lowest BCUT2D eigenvalue weighted by atomic mass is 9.54. The van der Waals surface area contributed by atoms with Crippen LogP contribution in [0.1, 0.15) is 64.2 Å². The van der Waals surface area contributed by atoms with Gasteiger partial charge in [0, 0.05) is 56.7 Å². The smallest absolute Gasteiger partial charge is 0.191 e. The third kappa shape index (κ3) is 3.29. The van der Waals surface area contributed by atoms with E-state index in [0.29, 0.717) is 29.5 Å². The number of nitrogens with one attached hydrogen (secondary N) is 2. The summed E-state index contributed by atoms with van der Waals surface area (Å²) in [5.41, 5.74) is 0.392. The van der Waals surface area contributed by atoms with E-state index in [9.17, 15) is 0 Å². The summed E-state index contributed by atoms with van der Waals surface area (Å²) in [7, 11) is 1.93. The Morgan fingerprint density at radius 2 is 1.89 bits per heavy atom. The molecule has 0 amide bonds. The van der Waals surface area contributed by atoms with Crippen LogP contribution in [0, 0.1) is 17.3 Å². The number of rotatable bonds is 4. The van der Waals surface area contributed by atoms with E-state index in [1.54, 1.807) is 0 Å². The fraction of sp³-hybridized carbons (Fsp3) is 0.955. The monoisotopic (exact) mass is 374 g/mol. The number of likely N-dealkylation sites (tertiary alicyclic amines) is 1. The van der Waals surface area contributed by atoms with Crippen LogP contribution in [0.15, 0.2) is 4.99 Å². The highest BCUT2D eigenvalue weighted by molar-refractivity contribution is 5.80. The number of hydrogen-bond donors (Lipinski definition) is 2. The zero-order valence-corrected chi connectivity index (χ0v) is 17.1. The third-order valence-electron chi connectivity index (χ3n) is 8.41. The average Bonchev–Trinajstić information content (AvgIpc) is 3.45. The van der Waals surface area contributed by atoms with Crippen molar-refractivity contribution in [2.75, 3.05) is 33.3 Å². The van der Waals surface area contributed by atoms with Crippen molar-refractivity contribution < 1.29 is 4.74 Å². The van der Waals surface area contributed by atoms with Gasteiger partial charge in [0.15, 0.2) is 5.96 Å². The Balaban J connectivity index is 1.16. The molecule has 2 N–H and O–H groups in total. The van der Waals surface area contributed by atoms with Crippen LogP contribution in [0.4, 0.5) is 0 Å². The molecule has 0 radical (unpaired) electrons. The summed E-state index contributed by atoms with van der Waals surface area (Å²) >= 11 is 0. The normalized spacial score (nSPS) is 39.1. The molecule has 2 aliphatic heterocycles. The summed E-state index contributed by atoms with van der Waals surface area (Å²) < 4.78 is 6.14. The van der Waals surface area contributed by atoms with E-state index in [2.05, 4.69) is 20.5 Å². The van der Waals surface area contributed by atoms with E-state index in [0.717, 1.165) is 18.5 Å². The van der Waals surface area contributed by atoms with Gasteiger partial charge in [-0.2, -0.15) is 0 Å². The van der Waals surface area contributed by atoms with Gasteiger partial charge in [-0.15, -0.1) is 0 Å². The van der Waals surface area contributed by atoms with Crippen molar-refractivity contribution >= 4 is 5.96 Å². The molecule has 1 spiro atoms. The lowest BCUT2D eigenvalue weighted by molar-refractivity contribution is -0.125. The van der Waals surface area contributed by atoms with Crippen LogP contribution in [0.2, 0.25) is 0 Å². The van der Waals surface area contributed by atoms with Gasteiger partial charge in [0.05, 0.1) is 6.10 Å². The molecule has 5 aliphatic rings. The van der Waals surface area contributed by atoms with Gasteiger partial charge in [0.2, 0.25) is 0 Å². The highest BCUT2D eigenvalue weighted by Gasteiger charge is 2.65. The lowest BCUT2D eigenvalue weighted by Crippen LogP contribution is -2.69. The Kier molecular flexibility index (Phi) is 5.10. The molecule has 152 valence electrons. The Bertz CT molecular complexity index is 553. The van der Waals surface area contributed by atoms with Gasteiger partial charge in [-0.3, -0.25) is 4.99 Å². The number of ether oxygens (including phenoxy) is 1. The van der Waals surface area contributed by atoms with Crippen molar-refractivity contribution in [1.29, 1.82) is 0 Å². The van der Waals surface area contributed by atoms with E-state index in [-0.39, 0.29) is 0 Å². The second-order valence-corrected chi connectivity index (χ2v) is 9.92. The minimum Gasteiger partial charge on any atom is -0.377 e. The molecule has 5 fully saturated rings. The summed E-state index contributed by atoms with van der Waals surface area (Å²) in [6.45, 7) is 4.70. The molecule has 27 heavy (non-hydrogen) atoms. The van der Waals surface area contributed by atoms with Gasteiger partial charge in [-0.25, -0.2) is 0 Å². The molecular formula is C22H38N4O. The maximum Gasteiger partial charge on any atom is 0.191 e. The standard InChI is InChI=1S/C22H38N4O/c1-23-21(24-17-8-12-26(15-17)14-16-6-2-3-7-16)25-19-18-9-13-27-20(18)22(19)10-4-5-11-22/h16-20H,2-15H2,1H3,(H2,23,24,25). The lowest BCUT2D eigenvalue weighted by Gasteiger charge is -2.57. The predicted molar refractivity (Wildman–Crippen MR) is 109 cm³/mol. The zero-order valence-electron chi connectivity index (χ0n) is 17.1. The van der Waals surface area contributed by atoms with Crippen molar-refractivity contribution in [1.82, 2.24) is 15.5 Å². The Morgan fingerprint density at radius 3 is 2.67 bits per heavy atom. The minimum atomic E-state index is 0.392. The predicted octanol–water partition coefficient (Wildman–Crippen LogP) is 2.76. The molecule has 3 saturated carbocycles. The van der Waals surface area contributed by atoms with Gasteiger partial charge < -0.3 is 20.3 Å². The Morgan fingerprint density at radius 1 is 1.07 bits per heavy atom. The van der Waals surface area contributed by atoms with Crippen LogP contribution >= 0.6 is 0 Å². The third-order valence-corrected chi connectivity index (χ3v) is 8.41. The molecule has 3 aliphatic carbocycles. The fourth-order valence-electron chi connectivity index (χ4n) is 7.09. The van der Waals surface area contributed by atoms with Crippen LogP contribution in [0.3, 0.4) is 0 Å². The van der Waals surface area contributed by atoms with E-state index in [1.807, 2.05) is 7.05 Å². The molecule has 5 rings (SSSR count). The van der Waals surface area contributed by atoms with E-state index >= 15 is 0 Å².